The quantitative estimate of drug-likeness (QED) is 0.176. The van der Waals surface area contributed by atoms with Gasteiger partial charge in [0.25, 0.3) is 0 Å². The molecule has 2 unspecified atom stereocenters. The number of hydrogen-bond acceptors (Lipinski definition) is 9. The third-order valence-corrected chi connectivity index (χ3v) is 11.7. The van der Waals surface area contributed by atoms with Crippen molar-refractivity contribution in [2.24, 2.45) is 0 Å². The monoisotopic (exact) mass is 746 g/mol. The van der Waals surface area contributed by atoms with Crippen LogP contribution in [-0.4, -0.2) is 67.0 Å². The third-order valence-electron chi connectivity index (χ3n) is 8.80. The zero-order valence-corrected chi connectivity index (χ0v) is 32.1. The molecular formula is C40H46N2O8S2. The number of hydrogen-bond donors (Lipinski definition) is 0. The molecule has 10 nitrogen and oxygen atoms in total. The first-order valence-corrected chi connectivity index (χ1v) is 20.1. The fraction of sp³-hybridized carbons (Fsp3) is 0.350. The van der Waals surface area contributed by atoms with E-state index in [4.69, 9.17) is 18.9 Å². The van der Waals surface area contributed by atoms with Crippen LogP contribution in [0.3, 0.4) is 0 Å². The minimum Gasteiger partial charge on any atom is -0.493 e. The maximum atomic E-state index is 11.7. The number of aryl methyl sites for hydroxylation is 4. The van der Waals surface area contributed by atoms with Crippen LogP contribution < -0.4 is 29.8 Å². The molecule has 4 aromatic rings. The van der Waals surface area contributed by atoms with E-state index in [-0.39, 0.29) is 34.6 Å². The molecule has 0 spiro atoms. The smallest absolute Gasteiger partial charge is 0.182 e. The highest BCUT2D eigenvalue weighted by Gasteiger charge is 2.30. The van der Waals surface area contributed by atoms with Gasteiger partial charge in [-0.2, -0.15) is 11.8 Å². The van der Waals surface area contributed by atoms with Gasteiger partial charge >= 0.3 is 0 Å². The van der Waals surface area contributed by atoms with Crippen LogP contribution >= 0.6 is 11.8 Å². The average Bonchev–Trinajstić information content (AvgIpc) is 3.72. The molecule has 2 aliphatic rings. The standard InChI is InChI=1S/C20H23NO5S.C20H23NO3S/c1-14-10-17(22)11-15(2)21(14)8-6-16-4-5-19(25-3)20(12-16)26-18-7-9-27(23,24)13-18;1-14-10-17(22)11-15(2)21(14)8-6-16-4-5-19(23-3)20(12-16)24-18-7-9-25-13-18/h4-6,8,10-12,18H,7,9,13H2,1-3H3;4-6,8,10-12,18H,7,9,13H2,1-3H3/b2*8-6+. The molecule has 0 radical (unpaired) electrons. The second kappa shape index (κ2) is 17.2. The molecule has 0 amide bonds. The molecule has 6 rings (SSSR count). The molecule has 2 fully saturated rings. The van der Waals surface area contributed by atoms with Crippen molar-refractivity contribution in [1.82, 2.24) is 9.13 Å². The van der Waals surface area contributed by atoms with Gasteiger partial charge in [0.15, 0.2) is 43.7 Å². The molecule has 0 N–H and O–H groups in total. The van der Waals surface area contributed by atoms with E-state index < -0.39 is 9.84 Å². The Morgan fingerprint density at radius 3 is 1.50 bits per heavy atom. The van der Waals surface area contributed by atoms with Crippen molar-refractivity contribution in [3.8, 4) is 23.0 Å². The van der Waals surface area contributed by atoms with Crippen LogP contribution in [0.4, 0.5) is 0 Å². The van der Waals surface area contributed by atoms with Crippen LogP contribution in [-0.2, 0) is 9.84 Å². The van der Waals surface area contributed by atoms with E-state index in [1.54, 1.807) is 44.6 Å². The van der Waals surface area contributed by atoms with Gasteiger partial charge in [-0.15, -0.1) is 0 Å². The lowest BCUT2D eigenvalue weighted by molar-refractivity contribution is 0.218. The Balaban J connectivity index is 0.000000202. The first-order chi connectivity index (χ1) is 24.8. The molecule has 2 atom stereocenters. The Morgan fingerprint density at radius 2 is 1.12 bits per heavy atom. The average molecular weight is 747 g/mol. The summed E-state index contributed by atoms with van der Waals surface area (Å²) in [4.78, 5) is 23.1. The number of aromatic nitrogens is 2. The topological polar surface area (TPSA) is 115 Å². The summed E-state index contributed by atoms with van der Waals surface area (Å²) in [5.74, 6) is 4.99. The van der Waals surface area contributed by atoms with E-state index in [2.05, 4.69) is 0 Å². The molecule has 2 saturated heterocycles. The zero-order chi connectivity index (χ0) is 37.4. The van der Waals surface area contributed by atoms with Crippen molar-refractivity contribution < 1.29 is 27.4 Å². The minimum absolute atomic E-state index is 0.0127. The molecule has 0 saturated carbocycles. The Labute approximate surface area is 309 Å². The Kier molecular flexibility index (Phi) is 12.8. The Bertz CT molecular complexity index is 2130. The largest absolute Gasteiger partial charge is 0.493 e. The maximum absolute atomic E-state index is 11.7. The minimum atomic E-state index is -3.01. The van der Waals surface area contributed by atoms with Crippen molar-refractivity contribution in [2.75, 3.05) is 37.2 Å². The van der Waals surface area contributed by atoms with Gasteiger partial charge in [0.1, 0.15) is 12.2 Å². The molecule has 2 aromatic heterocycles. The fourth-order valence-electron chi connectivity index (χ4n) is 6.13. The Morgan fingerprint density at radius 1 is 0.654 bits per heavy atom. The van der Waals surface area contributed by atoms with Gasteiger partial charge in [0.05, 0.1) is 25.7 Å². The van der Waals surface area contributed by atoms with Crippen LogP contribution in [0.25, 0.3) is 24.6 Å². The van der Waals surface area contributed by atoms with E-state index in [9.17, 15) is 18.0 Å². The van der Waals surface area contributed by atoms with Crippen LogP contribution in [0.2, 0.25) is 0 Å². The molecule has 12 heteroatoms. The molecule has 52 heavy (non-hydrogen) atoms. The summed E-state index contributed by atoms with van der Waals surface area (Å²) in [5.41, 5.74) is 5.44. The van der Waals surface area contributed by atoms with Crippen molar-refractivity contribution in [3.05, 3.63) is 115 Å². The molecule has 2 aliphatic heterocycles. The van der Waals surface area contributed by atoms with Gasteiger partial charge in [-0.3, -0.25) is 9.59 Å². The van der Waals surface area contributed by atoms with Gasteiger partial charge < -0.3 is 28.1 Å². The highest BCUT2D eigenvalue weighted by molar-refractivity contribution is 7.99. The van der Waals surface area contributed by atoms with E-state index in [0.29, 0.717) is 17.9 Å². The van der Waals surface area contributed by atoms with Crippen LogP contribution in [0.15, 0.2) is 70.3 Å². The number of nitrogens with zero attached hydrogens (tertiary/aromatic N) is 2. The van der Waals surface area contributed by atoms with Crippen LogP contribution in [0, 0.1) is 27.7 Å². The van der Waals surface area contributed by atoms with Crippen molar-refractivity contribution in [2.45, 2.75) is 52.7 Å². The predicted molar refractivity (Wildman–Crippen MR) is 211 cm³/mol. The number of rotatable bonds is 10. The molecule has 276 valence electrons. The zero-order valence-electron chi connectivity index (χ0n) is 30.5. The number of sulfone groups is 1. The number of benzene rings is 2. The normalized spacial score (nSPS) is 18.0. The number of thioether (sulfide) groups is 1. The summed E-state index contributed by atoms with van der Waals surface area (Å²) in [5, 5.41) is 0. The molecule has 0 bridgehead atoms. The van der Waals surface area contributed by atoms with E-state index in [1.165, 1.54) is 0 Å². The lowest BCUT2D eigenvalue weighted by Crippen LogP contribution is -2.18. The number of pyridine rings is 2. The number of ether oxygens (including phenoxy) is 4. The van der Waals surface area contributed by atoms with Gasteiger partial charge in [0, 0.05) is 65.2 Å². The molecule has 0 aliphatic carbocycles. The van der Waals surface area contributed by atoms with E-state index >= 15 is 0 Å². The number of methoxy groups -OCH3 is 2. The van der Waals surface area contributed by atoms with Crippen molar-refractivity contribution in [3.63, 3.8) is 0 Å². The van der Waals surface area contributed by atoms with E-state index in [1.807, 2.05) is 103 Å². The summed E-state index contributed by atoms with van der Waals surface area (Å²) in [7, 11) is 0.199. The summed E-state index contributed by atoms with van der Waals surface area (Å²) in [6.07, 6.45) is 9.23. The van der Waals surface area contributed by atoms with Crippen LogP contribution in [0.1, 0.15) is 46.7 Å². The van der Waals surface area contributed by atoms with Crippen molar-refractivity contribution in [1.29, 1.82) is 0 Å². The third kappa shape index (κ3) is 10.2. The summed E-state index contributed by atoms with van der Waals surface area (Å²) < 4.78 is 50.0. The van der Waals surface area contributed by atoms with Crippen molar-refractivity contribution >= 4 is 46.2 Å². The fourth-order valence-corrected chi connectivity index (χ4v) is 8.81. The lowest BCUT2D eigenvalue weighted by atomic mass is 10.2. The van der Waals surface area contributed by atoms with E-state index in [0.717, 1.165) is 63.3 Å². The predicted octanol–water partition coefficient (Wildman–Crippen LogP) is 6.65. The maximum Gasteiger partial charge on any atom is 0.182 e. The molecule has 2 aromatic carbocycles. The molecule has 4 heterocycles. The molecular weight excluding hydrogens is 701 g/mol. The summed E-state index contributed by atoms with van der Waals surface area (Å²) >= 11 is 1.92. The lowest BCUT2D eigenvalue weighted by Gasteiger charge is -2.16. The van der Waals surface area contributed by atoms with Gasteiger partial charge in [-0.1, -0.05) is 12.1 Å². The summed E-state index contributed by atoms with van der Waals surface area (Å²) in [6, 6.07) is 17.9. The first kappa shape index (κ1) is 38.5. The van der Waals surface area contributed by atoms with Gasteiger partial charge in [0.2, 0.25) is 0 Å². The van der Waals surface area contributed by atoms with Gasteiger partial charge in [-0.25, -0.2) is 8.42 Å². The Hall–Kier alpha value is -4.68. The SMILES string of the molecule is COc1ccc(/C=C/n2c(C)cc(=O)cc2C)cc1OC1CCS(=O)(=O)C1.COc1ccc(/C=C/n2c(C)cc(=O)cc2C)cc1OC1CCSC1. The summed E-state index contributed by atoms with van der Waals surface area (Å²) in [6.45, 7) is 7.61. The van der Waals surface area contributed by atoms with Crippen LogP contribution in [0.5, 0.6) is 23.0 Å². The highest BCUT2D eigenvalue weighted by atomic mass is 32.2. The van der Waals surface area contributed by atoms with Gasteiger partial charge in [-0.05, 0) is 93.8 Å². The highest BCUT2D eigenvalue weighted by Crippen LogP contribution is 2.33. The second-order valence-corrected chi connectivity index (χ2v) is 16.3. The second-order valence-electron chi connectivity index (χ2n) is 12.9. The first-order valence-electron chi connectivity index (χ1n) is 17.1.